The molecule has 2 aliphatic rings. The van der Waals surface area contributed by atoms with Gasteiger partial charge in [-0.1, -0.05) is 29.8 Å². The fourth-order valence-corrected chi connectivity index (χ4v) is 3.91. The second-order valence-corrected chi connectivity index (χ2v) is 7.50. The molecule has 2 heterocycles. The summed E-state index contributed by atoms with van der Waals surface area (Å²) >= 11 is 0. The Morgan fingerprint density at radius 3 is 2.58 bits per heavy atom. The zero-order valence-corrected chi connectivity index (χ0v) is 15.4. The number of hydrogen-bond donors (Lipinski definition) is 1. The van der Waals surface area contributed by atoms with Crippen molar-refractivity contribution in [3.63, 3.8) is 0 Å². The monoisotopic (exact) mass is 353 g/mol. The molecular weight excluding hydrogens is 326 g/mol. The van der Waals surface area contributed by atoms with Gasteiger partial charge in [0.1, 0.15) is 0 Å². The number of nitrogens with one attached hydrogen (secondary N) is 1. The van der Waals surface area contributed by atoms with E-state index in [4.69, 9.17) is 0 Å². The summed E-state index contributed by atoms with van der Waals surface area (Å²) in [5.41, 5.74) is 2.32. The van der Waals surface area contributed by atoms with Crippen molar-refractivity contribution in [2.45, 2.75) is 45.1 Å². The van der Waals surface area contributed by atoms with Crippen LogP contribution in [-0.4, -0.2) is 40.5 Å². The molecule has 1 aromatic heterocycles. The first-order valence-electron chi connectivity index (χ1n) is 9.73. The third-order valence-electron chi connectivity index (χ3n) is 5.76. The van der Waals surface area contributed by atoms with E-state index in [0.717, 1.165) is 43.9 Å². The number of rotatable bonds is 5. The molecule has 138 valence electrons. The van der Waals surface area contributed by atoms with E-state index >= 15 is 0 Å². The summed E-state index contributed by atoms with van der Waals surface area (Å²) < 4.78 is 1.96. The SMILES string of the molecule is Cc1c(C(=O)N(CC2CCC2)c2ccccc2)nnn1C1CCNCC1. The molecule has 0 radical (unpaired) electrons. The van der Waals surface area contributed by atoms with Crippen LogP contribution in [0.3, 0.4) is 0 Å². The van der Waals surface area contributed by atoms with E-state index in [1.807, 2.05) is 46.8 Å². The maximum Gasteiger partial charge on any atom is 0.280 e. The van der Waals surface area contributed by atoms with Crippen molar-refractivity contribution in [2.75, 3.05) is 24.5 Å². The third-order valence-corrected chi connectivity index (χ3v) is 5.76. The Hall–Kier alpha value is -2.21. The topological polar surface area (TPSA) is 63.1 Å². The molecule has 1 aromatic carbocycles. The van der Waals surface area contributed by atoms with Gasteiger partial charge in [0.2, 0.25) is 0 Å². The van der Waals surface area contributed by atoms with Gasteiger partial charge < -0.3 is 10.2 Å². The Morgan fingerprint density at radius 2 is 1.92 bits per heavy atom. The van der Waals surface area contributed by atoms with Crippen molar-refractivity contribution in [1.29, 1.82) is 0 Å². The quantitative estimate of drug-likeness (QED) is 0.898. The molecule has 6 nitrogen and oxygen atoms in total. The lowest BCUT2D eigenvalue weighted by atomic mass is 9.85. The average Bonchev–Trinajstić information content (AvgIpc) is 3.03. The molecule has 0 bridgehead atoms. The predicted octanol–water partition coefficient (Wildman–Crippen LogP) is 2.96. The molecule has 2 fully saturated rings. The summed E-state index contributed by atoms with van der Waals surface area (Å²) in [7, 11) is 0. The first-order valence-corrected chi connectivity index (χ1v) is 9.73. The Bertz CT molecular complexity index is 747. The summed E-state index contributed by atoms with van der Waals surface area (Å²) in [5, 5.41) is 12.0. The van der Waals surface area contributed by atoms with Crippen molar-refractivity contribution >= 4 is 11.6 Å². The van der Waals surface area contributed by atoms with Crippen LogP contribution in [0, 0.1) is 12.8 Å². The zero-order chi connectivity index (χ0) is 17.9. The molecule has 6 heteroatoms. The summed E-state index contributed by atoms with van der Waals surface area (Å²) in [6.45, 7) is 4.72. The van der Waals surface area contributed by atoms with Crippen LogP contribution >= 0.6 is 0 Å². The number of para-hydroxylation sites is 1. The molecule has 4 rings (SSSR count). The fraction of sp³-hybridized carbons (Fsp3) is 0.550. The van der Waals surface area contributed by atoms with Crippen LogP contribution in [0.5, 0.6) is 0 Å². The smallest absolute Gasteiger partial charge is 0.280 e. The first-order chi connectivity index (χ1) is 12.7. The zero-order valence-electron chi connectivity index (χ0n) is 15.4. The van der Waals surface area contributed by atoms with Gasteiger partial charge in [-0.3, -0.25) is 4.79 Å². The van der Waals surface area contributed by atoms with Gasteiger partial charge in [-0.05, 0) is 63.7 Å². The summed E-state index contributed by atoms with van der Waals surface area (Å²) in [6.07, 6.45) is 5.74. The van der Waals surface area contributed by atoms with Gasteiger partial charge in [0.05, 0.1) is 11.7 Å². The molecule has 1 aliphatic heterocycles. The van der Waals surface area contributed by atoms with Gasteiger partial charge in [-0.25, -0.2) is 4.68 Å². The summed E-state index contributed by atoms with van der Waals surface area (Å²) in [6, 6.07) is 10.3. The molecule has 0 spiro atoms. The Morgan fingerprint density at radius 1 is 1.19 bits per heavy atom. The second-order valence-electron chi connectivity index (χ2n) is 7.50. The molecule has 1 amide bonds. The average molecular weight is 353 g/mol. The molecule has 1 saturated carbocycles. The van der Waals surface area contributed by atoms with Crippen molar-refractivity contribution in [1.82, 2.24) is 20.3 Å². The molecular formula is C20H27N5O. The number of amides is 1. The second kappa shape index (κ2) is 7.58. The lowest BCUT2D eigenvalue weighted by Gasteiger charge is -2.32. The minimum absolute atomic E-state index is 0.0271. The van der Waals surface area contributed by atoms with Crippen LogP contribution in [0.2, 0.25) is 0 Å². The van der Waals surface area contributed by atoms with E-state index < -0.39 is 0 Å². The number of anilines is 1. The highest BCUT2D eigenvalue weighted by Crippen LogP contribution is 2.30. The van der Waals surface area contributed by atoms with E-state index in [9.17, 15) is 4.79 Å². The highest BCUT2D eigenvalue weighted by molar-refractivity contribution is 6.05. The normalized spacial score (nSPS) is 18.5. The number of carbonyl (C=O) groups is 1. The number of nitrogens with zero attached hydrogens (tertiary/aromatic N) is 4. The van der Waals surface area contributed by atoms with Crippen LogP contribution in [0.25, 0.3) is 0 Å². The van der Waals surface area contributed by atoms with E-state index in [1.54, 1.807) is 0 Å². The van der Waals surface area contributed by atoms with Crippen molar-refractivity contribution in [3.8, 4) is 0 Å². The summed E-state index contributed by atoms with van der Waals surface area (Å²) in [4.78, 5) is 15.2. The van der Waals surface area contributed by atoms with Gasteiger partial charge in [0.15, 0.2) is 5.69 Å². The largest absolute Gasteiger partial charge is 0.317 e. The molecule has 1 aliphatic carbocycles. The minimum Gasteiger partial charge on any atom is -0.317 e. The summed E-state index contributed by atoms with van der Waals surface area (Å²) in [5.74, 6) is 0.569. The maximum atomic E-state index is 13.3. The maximum absolute atomic E-state index is 13.3. The molecule has 0 unspecified atom stereocenters. The molecule has 1 N–H and O–H groups in total. The molecule has 2 aromatic rings. The lowest BCUT2D eigenvalue weighted by molar-refractivity contribution is 0.0972. The van der Waals surface area contributed by atoms with Gasteiger partial charge in [0.25, 0.3) is 5.91 Å². The molecule has 1 saturated heterocycles. The Labute approximate surface area is 154 Å². The van der Waals surface area contributed by atoms with Gasteiger partial charge >= 0.3 is 0 Å². The Balaban J connectivity index is 1.60. The van der Waals surface area contributed by atoms with Crippen molar-refractivity contribution in [2.24, 2.45) is 5.92 Å². The highest BCUT2D eigenvalue weighted by atomic mass is 16.2. The van der Waals surface area contributed by atoms with E-state index in [0.29, 0.717) is 17.7 Å². The fourth-order valence-electron chi connectivity index (χ4n) is 3.91. The lowest BCUT2D eigenvalue weighted by Crippen LogP contribution is -2.38. The number of aromatic nitrogens is 3. The minimum atomic E-state index is -0.0271. The number of carbonyl (C=O) groups excluding carboxylic acids is 1. The predicted molar refractivity (Wildman–Crippen MR) is 101 cm³/mol. The molecule has 0 atom stereocenters. The Kier molecular flexibility index (Phi) is 5.02. The van der Waals surface area contributed by atoms with Crippen LogP contribution < -0.4 is 10.2 Å². The van der Waals surface area contributed by atoms with Crippen LogP contribution in [0.4, 0.5) is 5.69 Å². The number of piperidine rings is 1. The van der Waals surface area contributed by atoms with E-state index in [1.165, 1.54) is 19.3 Å². The number of benzene rings is 1. The van der Waals surface area contributed by atoms with Gasteiger partial charge in [0, 0.05) is 12.2 Å². The molecule has 26 heavy (non-hydrogen) atoms. The van der Waals surface area contributed by atoms with Crippen molar-refractivity contribution < 1.29 is 4.79 Å². The third kappa shape index (κ3) is 3.38. The first kappa shape index (κ1) is 17.2. The van der Waals surface area contributed by atoms with E-state index in [2.05, 4.69) is 15.6 Å². The van der Waals surface area contributed by atoms with E-state index in [-0.39, 0.29) is 5.91 Å². The standard InChI is InChI=1S/C20H27N5O/c1-15-19(22-23-25(15)18-10-12-21-13-11-18)20(26)24(14-16-6-5-7-16)17-8-3-2-4-9-17/h2-4,8-9,16,18,21H,5-7,10-14H2,1H3. The van der Waals surface area contributed by atoms with Gasteiger partial charge in [-0.15, -0.1) is 5.10 Å². The van der Waals surface area contributed by atoms with Gasteiger partial charge in [-0.2, -0.15) is 0 Å². The number of hydrogen-bond acceptors (Lipinski definition) is 4. The van der Waals surface area contributed by atoms with Crippen molar-refractivity contribution in [3.05, 3.63) is 41.7 Å². The highest BCUT2D eigenvalue weighted by Gasteiger charge is 2.29. The van der Waals surface area contributed by atoms with Crippen LogP contribution in [0.15, 0.2) is 30.3 Å². The van der Waals surface area contributed by atoms with Crippen LogP contribution in [0.1, 0.15) is 54.3 Å². The van der Waals surface area contributed by atoms with Crippen LogP contribution in [-0.2, 0) is 0 Å².